The molecule has 0 atom stereocenters. The minimum absolute atomic E-state index is 0.00904. The van der Waals surface area contributed by atoms with E-state index in [1.54, 1.807) is 0 Å². The largest absolute Gasteiger partial charge is 0.414 e. The number of nitro benzene ring substituents is 1. The molecular formula is C14H7FN2O4S2. The van der Waals surface area contributed by atoms with E-state index in [4.69, 9.17) is 4.74 Å². The fraction of sp³-hybridized carbons (Fsp3) is 0. The maximum Gasteiger partial charge on any atom is 0.363 e. The highest BCUT2D eigenvalue weighted by atomic mass is 32.1. The molecule has 116 valence electrons. The van der Waals surface area contributed by atoms with Gasteiger partial charge >= 0.3 is 11.7 Å². The first-order valence-electron chi connectivity index (χ1n) is 6.19. The van der Waals surface area contributed by atoms with Gasteiger partial charge in [-0.25, -0.2) is 14.2 Å². The molecule has 6 nitrogen and oxygen atoms in total. The van der Waals surface area contributed by atoms with Gasteiger partial charge in [-0.3, -0.25) is 10.1 Å². The van der Waals surface area contributed by atoms with Crippen LogP contribution < -0.4 is 4.74 Å². The molecule has 9 heteroatoms. The summed E-state index contributed by atoms with van der Waals surface area (Å²) in [6.45, 7) is 0. The lowest BCUT2D eigenvalue weighted by Gasteiger charge is -2.03. The van der Waals surface area contributed by atoms with Crippen LogP contribution in [0.2, 0.25) is 0 Å². The van der Waals surface area contributed by atoms with E-state index in [2.05, 4.69) is 4.98 Å². The Labute approximate surface area is 137 Å². The zero-order chi connectivity index (χ0) is 16.4. The molecule has 0 spiro atoms. The number of nitro groups is 1. The average molecular weight is 350 g/mol. The predicted octanol–water partition coefficient (Wildman–Crippen LogP) is 4.14. The number of nitrogens with zero attached hydrogens (tertiary/aromatic N) is 2. The number of hydrogen-bond donors (Lipinski definition) is 0. The lowest BCUT2D eigenvalue weighted by molar-refractivity contribution is -0.385. The summed E-state index contributed by atoms with van der Waals surface area (Å²) in [5.41, 5.74) is 0.388. The van der Waals surface area contributed by atoms with E-state index in [-0.39, 0.29) is 5.69 Å². The molecule has 23 heavy (non-hydrogen) atoms. The highest BCUT2D eigenvalue weighted by Crippen LogP contribution is 2.29. The number of rotatable bonds is 4. The van der Waals surface area contributed by atoms with Gasteiger partial charge in [0.15, 0.2) is 5.69 Å². The van der Waals surface area contributed by atoms with Crippen molar-refractivity contribution in [2.45, 2.75) is 0 Å². The number of halogens is 1. The molecule has 0 aliphatic heterocycles. The summed E-state index contributed by atoms with van der Waals surface area (Å²) in [6.07, 6.45) is 0. The molecule has 3 aromatic rings. The van der Waals surface area contributed by atoms with Gasteiger partial charge in [0.25, 0.3) is 0 Å². The van der Waals surface area contributed by atoms with Crippen LogP contribution in [0.3, 0.4) is 0 Å². The third-order valence-corrected chi connectivity index (χ3v) is 4.38. The lowest BCUT2D eigenvalue weighted by Crippen LogP contribution is -2.10. The molecule has 2 aromatic heterocycles. The molecule has 2 heterocycles. The van der Waals surface area contributed by atoms with Crippen molar-refractivity contribution in [1.29, 1.82) is 0 Å². The first kappa shape index (κ1) is 15.3. The molecule has 0 amide bonds. The molecule has 0 unspecified atom stereocenters. The maximum absolute atomic E-state index is 13.2. The molecule has 0 saturated heterocycles. The van der Waals surface area contributed by atoms with E-state index >= 15 is 0 Å². The van der Waals surface area contributed by atoms with E-state index in [1.807, 2.05) is 16.8 Å². The Bertz CT molecular complexity index is 877. The summed E-state index contributed by atoms with van der Waals surface area (Å²) in [6, 6.07) is 4.51. The van der Waals surface area contributed by atoms with Gasteiger partial charge < -0.3 is 4.74 Å². The number of hydrogen-bond acceptors (Lipinski definition) is 7. The van der Waals surface area contributed by atoms with Crippen molar-refractivity contribution in [3.8, 4) is 16.3 Å². The summed E-state index contributed by atoms with van der Waals surface area (Å²) in [5, 5.41) is 16.8. The van der Waals surface area contributed by atoms with Crippen LogP contribution in [0.15, 0.2) is 40.4 Å². The quantitative estimate of drug-likeness (QED) is 0.306. The first-order valence-corrected chi connectivity index (χ1v) is 8.01. The summed E-state index contributed by atoms with van der Waals surface area (Å²) in [5.74, 6) is -2.07. The van der Waals surface area contributed by atoms with E-state index in [0.29, 0.717) is 5.01 Å². The topological polar surface area (TPSA) is 82.3 Å². The second-order valence-corrected chi connectivity index (χ2v) is 5.95. The number of esters is 1. The third kappa shape index (κ3) is 3.25. The Kier molecular flexibility index (Phi) is 4.13. The molecule has 0 bridgehead atoms. The number of aromatic nitrogens is 1. The number of thiazole rings is 1. The van der Waals surface area contributed by atoms with E-state index < -0.39 is 28.1 Å². The second kappa shape index (κ2) is 6.23. The van der Waals surface area contributed by atoms with Crippen LogP contribution in [-0.4, -0.2) is 15.9 Å². The van der Waals surface area contributed by atoms with E-state index in [0.717, 1.165) is 23.8 Å². The molecule has 1 aromatic carbocycles. The Morgan fingerprint density at radius 3 is 2.83 bits per heavy atom. The normalized spacial score (nSPS) is 10.5. The number of carbonyl (C=O) groups is 1. The van der Waals surface area contributed by atoms with Gasteiger partial charge in [-0.2, -0.15) is 11.3 Å². The molecule has 0 fully saturated rings. The average Bonchev–Trinajstić information content (AvgIpc) is 3.18. The van der Waals surface area contributed by atoms with Crippen molar-refractivity contribution >= 4 is 34.3 Å². The molecule has 3 rings (SSSR count). The third-order valence-electron chi connectivity index (χ3n) is 2.80. The number of benzene rings is 1. The molecule has 0 aliphatic rings. The highest BCUT2D eigenvalue weighted by Gasteiger charge is 2.21. The van der Waals surface area contributed by atoms with Crippen LogP contribution in [0.25, 0.3) is 10.6 Å². The Morgan fingerprint density at radius 1 is 1.30 bits per heavy atom. The van der Waals surface area contributed by atoms with Gasteiger partial charge in [-0.15, -0.1) is 11.3 Å². The standard InChI is InChI=1S/C14H7FN2O4S2/c15-9-1-2-11(17(19)20)12(5-9)21-14(18)10-7-23-13(16-10)8-3-4-22-6-8/h1-7H. The Hall–Kier alpha value is -2.65. The minimum atomic E-state index is -0.878. The van der Waals surface area contributed by atoms with Crippen molar-refractivity contribution < 1.29 is 18.8 Å². The van der Waals surface area contributed by atoms with Crippen LogP contribution in [0, 0.1) is 15.9 Å². The molecule has 0 radical (unpaired) electrons. The smallest absolute Gasteiger partial charge is 0.363 e. The molecule has 0 N–H and O–H groups in total. The second-order valence-electron chi connectivity index (χ2n) is 4.31. The zero-order valence-corrected chi connectivity index (χ0v) is 12.9. The highest BCUT2D eigenvalue weighted by molar-refractivity contribution is 7.14. The SMILES string of the molecule is O=C(Oc1cc(F)ccc1[N+](=O)[O-])c1csc(-c2ccsc2)n1. The van der Waals surface area contributed by atoms with E-state index in [1.165, 1.54) is 28.1 Å². The predicted molar refractivity (Wildman–Crippen MR) is 83.4 cm³/mol. The van der Waals surface area contributed by atoms with Gasteiger partial charge in [0.1, 0.15) is 10.8 Å². The fourth-order valence-electron chi connectivity index (χ4n) is 1.76. The van der Waals surface area contributed by atoms with Gasteiger partial charge in [0.05, 0.1) is 4.92 Å². The van der Waals surface area contributed by atoms with Crippen molar-refractivity contribution in [1.82, 2.24) is 4.98 Å². The number of ether oxygens (including phenoxy) is 1. The van der Waals surface area contributed by atoms with Crippen LogP contribution in [-0.2, 0) is 0 Å². The summed E-state index contributed by atoms with van der Waals surface area (Å²) in [4.78, 5) is 26.3. The van der Waals surface area contributed by atoms with E-state index in [9.17, 15) is 19.3 Å². The van der Waals surface area contributed by atoms with Crippen LogP contribution in [0.1, 0.15) is 10.5 Å². The Morgan fingerprint density at radius 2 is 2.13 bits per heavy atom. The maximum atomic E-state index is 13.2. The number of carbonyl (C=O) groups excluding carboxylic acids is 1. The van der Waals surface area contributed by atoms with Crippen molar-refractivity contribution in [2.75, 3.05) is 0 Å². The van der Waals surface area contributed by atoms with Gasteiger partial charge in [-0.05, 0) is 17.5 Å². The van der Waals surface area contributed by atoms with Crippen LogP contribution in [0.4, 0.5) is 10.1 Å². The zero-order valence-electron chi connectivity index (χ0n) is 11.3. The Balaban J connectivity index is 1.85. The minimum Gasteiger partial charge on any atom is -0.414 e. The first-order chi connectivity index (χ1) is 11.0. The molecule has 0 saturated carbocycles. The molecule has 0 aliphatic carbocycles. The molecular weight excluding hydrogens is 343 g/mol. The van der Waals surface area contributed by atoms with Gasteiger partial charge in [0, 0.05) is 28.5 Å². The summed E-state index contributed by atoms with van der Waals surface area (Å²) in [7, 11) is 0. The van der Waals surface area contributed by atoms with Crippen LogP contribution in [0.5, 0.6) is 5.75 Å². The van der Waals surface area contributed by atoms with Crippen LogP contribution >= 0.6 is 22.7 Å². The van der Waals surface area contributed by atoms with Crippen molar-refractivity contribution in [3.63, 3.8) is 0 Å². The lowest BCUT2D eigenvalue weighted by atomic mass is 10.3. The van der Waals surface area contributed by atoms with Gasteiger partial charge in [0.2, 0.25) is 5.75 Å². The van der Waals surface area contributed by atoms with Crippen molar-refractivity contribution in [3.05, 3.63) is 62.0 Å². The summed E-state index contributed by atoms with van der Waals surface area (Å²) < 4.78 is 18.2. The van der Waals surface area contributed by atoms with Gasteiger partial charge in [-0.1, -0.05) is 0 Å². The fourth-order valence-corrected chi connectivity index (χ4v) is 3.26. The van der Waals surface area contributed by atoms with Crippen molar-refractivity contribution in [2.24, 2.45) is 0 Å². The monoisotopic (exact) mass is 350 g/mol. The number of thiophene rings is 1. The summed E-state index contributed by atoms with van der Waals surface area (Å²) >= 11 is 2.74.